The maximum Gasteiger partial charge on any atom is 0.179 e. The van der Waals surface area contributed by atoms with Gasteiger partial charge in [-0.2, -0.15) is 5.10 Å². The maximum absolute atomic E-state index is 10.4. The number of aliphatic hydroxyl groups excluding tert-OH is 1. The van der Waals surface area contributed by atoms with E-state index in [0.29, 0.717) is 11.7 Å². The van der Waals surface area contributed by atoms with E-state index in [4.69, 9.17) is 0 Å². The summed E-state index contributed by atoms with van der Waals surface area (Å²) in [4.78, 5) is 4.48. The molecule has 1 atom stereocenters. The third-order valence-electron chi connectivity index (χ3n) is 4.40. The molecule has 1 aliphatic rings. The lowest BCUT2D eigenvalue weighted by Gasteiger charge is -2.24. The average Bonchev–Trinajstić information content (AvgIpc) is 3.03. The van der Waals surface area contributed by atoms with Crippen molar-refractivity contribution in [1.82, 2.24) is 15.2 Å². The van der Waals surface area contributed by atoms with Crippen LogP contribution < -0.4 is 0 Å². The molecule has 1 aromatic carbocycles. The molecule has 4 nitrogen and oxygen atoms in total. The number of hydrogen-bond acceptors (Lipinski definition) is 3. The lowest BCUT2D eigenvalue weighted by molar-refractivity contribution is 0.0774. The molecule has 0 unspecified atom stereocenters. The topological polar surface area (TPSA) is 61.8 Å². The second kappa shape index (κ2) is 6.85. The van der Waals surface area contributed by atoms with Gasteiger partial charge in [-0.1, -0.05) is 49.6 Å². The highest BCUT2D eigenvalue weighted by Crippen LogP contribution is 2.32. The minimum absolute atomic E-state index is 0.330. The van der Waals surface area contributed by atoms with Gasteiger partial charge in [-0.3, -0.25) is 5.10 Å². The summed E-state index contributed by atoms with van der Waals surface area (Å²) in [6, 6.07) is 10.4. The Labute approximate surface area is 125 Å². The molecule has 0 bridgehead atoms. The van der Waals surface area contributed by atoms with Crippen LogP contribution in [0.3, 0.4) is 0 Å². The van der Waals surface area contributed by atoms with Gasteiger partial charge in [0.25, 0.3) is 0 Å². The SMILES string of the molecule is O[C@@H](c1n[nH]c(CCc2ccccc2)n1)C1CCCCC1. The van der Waals surface area contributed by atoms with Crippen LogP contribution in [-0.2, 0) is 12.8 Å². The Morgan fingerprint density at radius 1 is 1.10 bits per heavy atom. The quantitative estimate of drug-likeness (QED) is 0.886. The average molecular weight is 285 g/mol. The highest BCUT2D eigenvalue weighted by molar-refractivity contribution is 5.15. The standard InChI is InChI=1S/C17H23N3O/c21-16(14-9-5-2-6-10-14)17-18-15(19-20-17)12-11-13-7-3-1-4-8-13/h1,3-4,7-8,14,16,21H,2,5-6,9-12H2,(H,18,19,20)/t16-/m1/s1. The van der Waals surface area contributed by atoms with E-state index in [9.17, 15) is 5.11 Å². The third-order valence-corrected chi connectivity index (χ3v) is 4.40. The smallest absolute Gasteiger partial charge is 0.179 e. The minimum atomic E-state index is -0.507. The highest BCUT2D eigenvalue weighted by atomic mass is 16.3. The van der Waals surface area contributed by atoms with Crippen molar-refractivity contribution in [2.24, 2.45) is 5.92 Å². The molecule has 3 rings (SSSR count). The summed E-state index contributed by atoms with van der Waals surface area (Å²) in [6.45, 7) is 0. The number of hydrogen-bond donors (Lipinski definition) is 2. The zero-order chi connectivity index (χ0) is 14.5. The summed E-state index contributed by atoms with van der Waals surface area (Å²) in [5.41, 5.74) is 1.29. The van der Waals surface area contributed by atoms with Crippen molar-refractivity contribution in [3.8, 4) is 0 Å². The molecule has 112 valence electrons. The Morgan fingerprint density at radius 3 is 2.62 bits per heavy atom. The molecule has 1 saturated carbocycles. The summed E-state index contributed by atoms with van der Waals surface area (Å²) in [5, 5.41) is 17.6. The number of aromatic amines is 1. The number of aryl methyl sites for hydroxylation is 2. The van der Waals surface area contributed by atoms with Crippen molar-refractivity contribution in [1.29, 1.82) is 0 Å². The number of nitrogens with one attached hydrogen (secondary N) is 1. The number of aliphatic hydroxyl groups is 1. The van der Waals surface area contributed by atoms with E-state index in [1.54, 1.807) is 0 Å². The molecular formula is C17H23N3O. The van der Waals surface area contributed by atoms with E-state index in [0.717, 1.165) is 31.5 Å². The molecule has 1 aromatic heterocycles. The van der Waals surface area contributed by atoms with Crippen molar-refractivity contribution in [3.63, 3.8) is 0 Å². The molecule has 1 fully saturated rings. The van der Waals surface area contributed by atoms with Crippen LogP contribution in [0, 0.1) is 5.92 Å². The van der Waals surface area contributed by atoms with Gasteiger partial charge in [-0.25, -0.2) is 4.98 Å². The molecule has 21 heavy (non-hydrogen) atoms. The summed E-state index contributed by atoms with van der Waals surface area (Å²) < 4.78 is 0. The van der Waals surface area contributed by atoms with Gasteiger partial charge in [0.15, 0.2) is 5.82 Å². The van der Waals surface area contributed by atoms with E-state index in [1.165, 1.54) is 24.8 Å². The number of benzene rings is 1. The second-order valence-electron chi connectivity index (χ2n) is 5.97. The third kappa shape index (κ3) is 3.70. The van der Waals surface area contributed by atoms with Crippen LogP contribution in [0.1, 0.15) is 55.4 Å². The Morgan fingerprint density at radius 2 is 1.86 bits per heavy atom. The number of H-pyrrole nitrogens is 1. The van der Waals surface area contributed by atoms with Crippen LogP contribution >= 0.6 is 0 Å². The zero-order valence-corrected chi connectivity index (χ0v) is 12.3. The largest absolute Gasteiger partial charge is 0.385 e. The van der Waals surface area contributed by atoms with Crippen LogP contribution in [0.5, 0.6) is 0 Å². The summed E-state index contributed by atoms with van der Waals surface area (Å²) in [5.74, 6) is 1.77. The molecule has 2 N–H and O–H groups in total. The lowest BCUT2D eigenvalue weighted by atomic mass is 9.85. The highest BCUT2D eigenvalue weighted by Gasteiger charge is 2.26. The van der Waals surface area contributed by atoms with Crippen LogP contribution in [0.2, 0.25) is 0 Å². The van der Waals surface area contributed by atoms with Gasteiger partial charge in [0.2, 0.25) is 0 Å². The molecule has 0 amide bonds. The fourth-order valence-corrected chi connectivity index (χ4v) is 3.12. The molecule has 4 heteroatoms. The van der Waals surface area contributed by atoms with Crippen molar-refractivity contribution < 1.29 is 5.11 Å². The van der Waals surface area contributed by atoms with Crippen LogP contribution in [0.25, 0.3) is 0 Å². The monoisotopic (exact) mass is 285 g/mol. The summed E-state index contributed by atoms with van der Waals surface area (Å²) in [7, 11) is 0. The predicted molar refractivity (Wildman–Crippen MR) is 81.8 cm³/mol. The van der Waals surface area contributed by atoms with Crippen LogP contribution in [-0.4, -0.2) is 20.3 Å². The van der Waals surface area contributed by atoms with Gasteiger partial charge in [-0.05, 0) is 30.7 Å². The first-order valence-corrected chi connectivity index (χ1v) is 7.96. The van der Waals surface area contributed by atoms with Crippen molar-refractivity contribution in [3.05, 3.63) is 47.5 Å². The van der Waals surface area contributed by atoms with E-state index >= 15 is 0 Å². The zero-order valence-electron chi connectivity index (χ0n) is 12.3. The predicted octanol–water partition coefficient (Wildman–Crippen LogP) is 3.20. The van der Waals surface area contributed by atoms with Gasteiger partial charge < -0.3 is 5.11 Å². The number of aromatic nitrogens is 3. The van der Waals surface area contributed by atoms with Crippen LogP contribution in [0.15, 0.2) is 30.3 Å². The molecule has 0 spiro atoms. The molecule has 1 aliphatic carbocycles. The van der Waals surface area contributed by atoms with E-state index in [-0.39, 0.29) is 0 Å². The molecule has 0 saturated heterocycles. The normalized spacial score (nSPS) is 17.8. The first-order valence-electron chi connectivity index (χ1n) is 7.96. The van der Waals surface area contributed by atoms with Crippen LogP contribution in [0.4, 0.5) is 0 Å². The van der Waals surface area contributed by atoms with Gasteiger partial charge in [0, 0.05) is 6.42 Å². The van der Waals surface area contributed by atoms with E-state index in [2.05, 4.69) is 27.3 Å². The van der Waals surface area contributed by atoms with Crippen molar-refractivity contribution >= 4 is 0 Å². The molecule has 0 aliphatic heterocycles. The Hall–Kier alpha value is -1.68. The Kier molecular flexibility index (Phi) is 4.65. The second-order valence-corrected chi connectivity index (χ2v) is 5.97. The lowest BCUT2D eigenvalue weighted by Crippen LogP contribution is -2.17. The van der Waals surface area contributed by atoms with E-state index in [1.807, 2.05) is 18.2 Å². The first kappa shape index (κ1) is 14.3. The molecular weight excluding hydrogens is 262 g/mol. The van der Waals surface area contributed by atoms with E-state index < -0.39 is 6.10 Å². The summed E-state index contributed by atoms with van der Waals surface area (Å²) >= 11 is 0. The Bertz CT molecular complexity index is 546. The molecule has 0 radical (unpaired) electrons. The fourth-order valence-electron chi connectivity index (χ4n) is 3.12. The van der Waals surface area contributed by atoms with Crippen molar-refractivity contribution in [2.75, 3.05) is 0 Å². The number of nitrogens with zero attached hydrogens (tertiary/aromatic N) is 2. The first-order chi connectivity index (χ1) is 10.3. The summed E-state index contributed by atoms with van der Waals surface area (Å²) in [6.07, 6.45) is 7.17. The Balaban J connectivity index is 1.58. The number of rotatable bonds is 5. The van der Waals surface area contributed by atoms with Gasteiger partial charge in [-0.15, -0.1) is 0 Å². The van der Waals surface area contributed by atoms with Gasteiger partial charge in [0.05, 0.1) is 0 Å². The molecule has 2 aromatic rings. The molecule has 1 heterocycles. The maximum atomic E-state index is 10.4. The van der Waals surface area contributed by atoms with Gasteiger partial charge >= 0.3 is 0 Å². The van der Waals surface area contributed by atoms with Gasteiger partial charge in [0.1, 0.15) is 11.9 Å². The van der Waals surface area contributed by atoms with Crippen molar-refractivity contribution in [2.45, 2.75) is 51.0 Å². The fraction of sp³-hybridized carbons (Fsp3) is 0.529. The minimum Gasteiger partial charge on any atom is -0.385 e.